The van der Waals surface area contributed by atoms with Crippen LogP contribution in [0.1, 0.15) is 39.2 Å². The van der Waals surface area contributed by atoms with E-state index in [1.807, 2.05) is 51.1 Å². The van der Waals surface area contributed by atoms with Crippen molar-refractivity contribution in [1.82, 2.24) is 10.2 Å². The second-order valence-electron chi connectivity index (χ2n) is 7.10. The number of aliphatic hydroxyl groups is 1. The van der Waals surface area contributed by atoms with E-state index in [9.17, 15) is 9.90 Å². The average molecular weight is 320 g/mol. The molecule has 1 aromatic carbocycles. The minimum atomic E-state index is -1.14. The molecule has 0 unspecified atom stereocenters. The number of rotatable bonds is 4. The quantitative estimate of drug-likeness (QED) is 0.837. The zero-order valence-electron chi connectivity index (χ0n) is 14.3. The summed E-state index contributed by atoms with van der Waals surface area (Å²) in [6, 6.07) is 9.98. The lowest BCUT2D eigenvalue weighted by atomic mass is 9.99. The average Bonchev–Trinajstić information content (AvgIpc) is 2.47. The first-order chi connectivity index (χ1) is 10.8. The number of benzene rings is 1. The van der Waals surface area contributed by atoms with Crippen LogP contribution < -0.4 is 5.32 Å². The highest BCUT2D eigenvalue weighted by Crippen LogP contribution is 2.26. The second-order valence-corrected chi connectivity index (χ2v) is 7.10. The van der Waals surface area contributed by atoms with Gasteiger partial charge < -0.3 is 15.2 Å². The minimum absolute atomic E-state index is 0.440. The molecule has 1 aliphatic heterocycles. The molecule has 5 nitrogen and oxygen atoms in total. The van der Waals surface area contributed by atoms with Crippen LogP contribution >= 0.6 is 0 Å². The molecule has 1 heterocycles. The number of carbonyl (C=O) groups excluding carboxylic acids is 1. The van der Waals surface area contributed by atoms with E-state index in [1.165, 1.54) is 4.90 Å². The number of amides is 1. The van der Waals surface area contributed by atoms with Gasteiger partial charge in [0.15, 0.2) is 0 Å². The third kappa shape index (κ3) is 5.22. The molecule has 0 spiro atoms. The normalized spacial score (nSPS) is 17.6. The van der Waals surface area contributed by atoms with Crippen molar-refractivity contribution in [3.63, 3.8) is 0 Å². The summed E-state index contributed by atoms with van der Waals surface area (Å²) < 4.78 is 5.51. The Labute approximate surface area is 138 Å². The molecule has 1 saturated heterocycles. The summed E-state index contributed by atoms with van der Waals surface area (Å²) in [5.41, 5.74) is -0.577. The van der Waals surface area contributed by atoms with Gasteiger partial charge in [0.1, 0.15) is 11.3 Å². The third-order valence-corrected chi connectivity index (χ3v) is 3.99. The Bertz CT molecular complexity index is 505. The van der Waals surface area contributed by atoms with E-state index in [4.69, 9.17) is 4.74 Å². The molecular weight excluding hydrogens is 292 g/mol. The Morgan fingerprint density at radius 3 is 2.43 bits per heavy atom. The number of hydrogen-bond donors (Lipinski definition) is 2. The van der Waals surface area contributed by atoms with Crippen LogP contribution in [0.4, 0.5) is 4.79 Å². The van der Waals surface area contributed by atoms with Gasteiger partial charge in [0.05, 0.1) is 0 Å². The van der Waals surface area contributed by atoms with E-state index in [0.717, 1.165) is 5.56 Å². The van der Waals surface area contributed by atoms with Crippen molar-refractivity contribution in [2.75, 3.05) is 19.6 Å². The van der Waals surface area contributed by atoms with E-state index in [1.54, 1.807) is 0 Å². The molecule has 0 atom stereocenters. The van der Waals surface area contributed by atoms with E-state index >= 15 is 0 Å². The van der Waals surface area contributed by atoms with Crippen LogP contribution in [-0.2, 0) is 11.2 Å². The summed E-state index contributed by atoms with van der Waals surface area (Å²) in [6.07, 6.45) is 1.27. The summed E-state index contributed by atoms with van der Waals surface area (Å²) in [5.74, 6) is 0. The van der Waals surface area contributed by atoms with Crippen LogP contribution in [-0.4, -0.2) is 47.1 Å². The summed E-state index contributed by atoms with van der Waals surface area (Å²) in [7, 11) is 0. The number of carbonyl (C=O) groups is 1. The third-order valence-electron chi connectivity index (χ3n) is 3.99. The van der Waals surface area contributed by atoms with Crippen molar-refractivity contribution in [3.8, 4) is 0 Å². The fourth-order valence-electron chi connectivity index (χ4n) is 2.77. The number of nitrogens with one attached hydrogen (secondary N) is 1. The Morgan fingerprint density at radius 2 is 1.87 bits per heavy atom. The standard InChI is InChI=1S/C18H28N2O3/c1-17(2,3)23-16(21)20(18(22)10-12-19-13-11-18)14-9-15-7-5-4-6-8-15/h4-8,19,22H,9-14H2,1-3H3. The second kappa shape index (κ2) is 7.32. The van der Waals surface area contributed by atoms with Crippen LogP contribution in [0.3, 0.4) is 0 Å². The molecule has 0 aliphatic carbocycles. The van der Waals surface area contributed by atoms with Crippen LogP contribution in [0, 0.1) is 0 Å². The van der Waals surface area contributed by atoms with Crippen molar-refractivity contribution in [2.45, 2.75) is 51.4 Å². The zero-order valence-corrected chi connectivity index (χ0v) is 14.3. The summed E-state index contributed by atoms with van der Waals surface area (Å²) in [5, 5.41) is 14.2. The van der Waals surface area contributed by atoms with Crippen molar-refractivity contribution >= 4 is 6.09 Å². The number of piperidine rings is 1. The van der Waals surface area contributed by atoms with E-state index in [2.05, 4.69) is 5.32 Å². The van der Waals surface area contributed by atoms with Gasteiger partial charge in [0, 0.05) is 19.4 Å². The largest absolute Gasteiger partial charge is 0.444 e. The van der Waals surface area contributed by atoms with Gasteiger partial charge >= 0.3 is 6.09 Å². The highest BCUT2D eigenvalue weighted by atomic mass is 16.6. The van der Waals surface area contributed by atoms with Crippen molar-refractivity contribution in [2.24, 2.45) is 0 Å². The molecule has 0 bridgehead atoms. The van der Waals surface area contributed by atoms with Gasteiger partial charge in [-0.15, -0.1) is 0 Å². The SMILES string of the molecule is CC(C)(C)OC(=O)N(CCc1ccccc1)C1(O)CCNCC1. The Morgan fingerprint density at radius 1 is 1.26 bits per heavy atom. The fourth-order valence-corrected chi connectivity index (χ4v) is 2.77. The Kier molecular flexibility index (Phi) is 5.65. The number of hydrogen-bond acceptors (Lipinski definition) is 4. The summed E-state index contributed by atoms with van der Waals surface area (Å²) >= 11 is 0. The molecular formula is C18H28N2O3. The van der Waals surface area contributed by atoms with Gasteiger partial charge in [-0.1, -0.05) is 30.3 Å². The maximum Gasteiger partial charge on any atom is 0.412 e. The molecule has 5 heteroatoms. The first kappa shape index (κ1) is 17.8. The lowest BCUT2D eigenvalue weighted by Gasteiger charge is -2.42. The van der Waals surface area contributed by atoms with Crippen LogP contribution in [0.5, 0.6) is 0 Å². The predicted molar refractivity (Wildman–Crippen MR) is 90.1 cm³/mol. The molecule has 0 saturated carbocycles. The van der Waals surface area contributed by atoms with Crippen molar-refractivity contribution in [1.29, 1.82) is 0 Å². The fraction of sp³-hybridized carbons (Fsp3) is 0.611. The topological polar surface area (TPSA) is 61.8 Å². The zero-order chi connectivity index (χ0) is 16.9. The monoisotopic (exact) mass is 320 g/mol. The minimum Gasteiger partial charge on any atom is -0.444 e. The van der Waals surface area contributed by atoms with Gasteiger partial charge in [0.2, 0.25) is 0 Å². The van der Waals surface area contributed by atoms with Crippen LogP contribution in [0.2, 0.25) is 0 Å². The summed E-state index contributed by atoms with van der Waals surface area (Å²) in [4.78, 5) is 14.1. The highest BCUT2D eigenvalue weighted by molar-refractivity contribution is 5.69. The first-order valence-electron chi connectivity index (χ1n) is 8.28. The maximum absolute atomic E-state index is 12.6. The van der Waals surface area contributed by atoms with Crippen LogP contribution in [0.15, 0.2) is 30.3 Å². The van der Waals surface area contributed by atoms with E-state index in [0.29, 0.717) is 38.9 Å². The molecule has 2 rings (SSSR count). The molecule has 1 amide bonds. The highest BCUT2D eigenvalue weighted by Gasteiger charge is 2.40. The smallest absolute Gasteiger partial charge is 0.412 e. The lowest BCUT2D eigenvalue weighted by Crippen LogP contribution is -2.58. The predicted octanol–water partition coefficient (Wildman–Crippen LogP) is 2.54. The summed E-state index contributed by atoms with van der Waals surface area (Å²) in [6.45, 7) is 7.35. The van der Waals surface area contributed by atoms with Crippen molar-refractivity contribution in [3.05, 3.63) is 35.9 Å². The number of ether oxygens (including phenoxy) is 1. The van der Waals surface area contributed by atoms with Crippen molar-refractivity contribution < 1.29 is 14.6 Å². The molecule has 128 valence electrons. The molecule has 1 fully saturated rings. The van der Waals surface area contributed by atoms with Gasteiger partial charge in [0.25, 0.3) is 0 Å². The van der Waals surface area contributed by atoms with Gasteiger partial charge in [-0.05, 0) is 45.8 Å². The first-order valence-corrected chi connectivity index (χ1v) is 8.28. The van der Waals surface area contributed by atoms with Gasteiger partial charge in [-0.25, -0.2) is 4.79 Å². The molecule has 23 heavy (non-hydrogen) atoms. The van der Waals surface area contributed by atoms with Gasteiger partial charge in [-0.3, -0.25) is 4.90 Å². The maximum atomic E-state index is 12.6. The van der Waals surface area contributed by atoms with E-state index < -0.39 is 17.4 Å². The lowest BCUT2D eigenvalue weighted by molar-refractivity contribution is -0.122. The molecule has 1 aliphatic rings. The van der Waals surface area contributed by atoms with Crippen LogP contribution in [0.25, 0.3) is 0 Å². The molecule has 0 radical (unpaired) electrons. The van der Waals surface area contributed by atoms with E-state index in [-0.39, 0.29) is 0 Å². The molecule has 2 N–H and O–H groups in total. The molecule has 0 aromatic heterocycles. The van der Waals surface area contributed by atoms with Gasteiger partial charge in [-0.2, -0.15) is 0 Å². The number of nitrogens with zero attached hydrogens (tertiary/aromatic N) is 1. The Hall–Kier alpha value is -1.59. The molecule has 1 aromatic rings. The Balaban J connectivity index is 2.11.